The van der Waals surface area contributed by atoms with Crippen molar-refractivity contribution in [3.05, 3.63) is 0 Å². The fourth-order valence-corrected chi connectivity index (χ4v) is 4.01. The number of quaternary nitrogens is 3. The second-order valence-electron chi connectivity index (χ2n) is 6.45. The first-order chi connectivity index (χ1) is 9.24. The molecule has 0 aromatic carbocycles. The molecule has 9 nitrogen and oxygen atoms in total. The molecule has 0 aromatic rings. The van der Waals surface area contributed by atoms with Gasteiger partial charge < -0.3 is 0 Å². The van der Waals surface area contributed by atoms with Crippen molar-refractivity contribution in [2.45, 2.75) is 64.7 Å². The Morgan fingerprint density at radius 1 is 0.571 bits per heavy atom. The molecule has 128 valence electrons. The van der Waals surface area contributed by atoms with Gasteiger partial charge >= 0.3 is 0 Å². The minimum absolute atomic E-state index is 0.352. The van der Waals surface area contributed by atoms with Crippen molar-refractivity contribution in [2.24, 2.45) is 35.1 Å². The first-order valence-electron chi connectivity index (χ1n) is 7.58. The minimum Gasteiger partial charge on any atom is -0.156 e. The lowest BCUT2D eigenvalue weighted by Gasteiger charge is -2.58. The predicted molar refractivity (Wildman–Crippen MR) is 84.4 cm³/mol. The van der Waals surface area contributed by atoms with E-state index >= 15 is 0 Å². The van der Waals surface area contributed by atoms with E-state index in [1.54, 1.807) is 14.1 Å². The lowest BCUT2D eigenvalue weighted by Crippen LogP contribution is -2.97. The molecule has 0 spiro atoms. The molecule has 0 bridgehead atoms. The highest BCUT2D eigenvalue weighted by Crippen LogP contribution is 2.41. The molecule has 9 heteroatoms. The van der Waals surface area contributed by atoms with E-state index in [0.29, 0.717) is 25.7 Å². The van der Waals surface area contributed by atoms with Gasteiger partial charge in [-0.25, -0.2) is 0 Å². The predicted octanol–water partition coefficient (Wildman–Crippen LogP) is -1.03. The molecule has 0 aliphatic heterocycles. The van der Waals surface area contributed by atoms with Gasteiger partial charge in [0.25, 0.3) is 11.3 Å². The van der Waals surface area contributed by atoms with Gasteiger partial charge in [-0.1, -0.05) is 32.4 Å². The molecular formula is C12H38N9+3. The largest absolute Gasteiger partial charge is 0.299 e. The molecule has 21 heavy (non-hydrogen) atoms. The van der Waals surface area contributed by atoms with Crippen LogP contribution in [-0.4, -0.2) is 39.5 Å². The van der Waals surface area contributed by atoms with Crippen LogP contribution in [0.2, 0.25) is 0 Å². The van der Waals surface area contributed by atoms with E-state index in [9.17, 15) is 0 Å². The number of nitrogens with zero attached hydrogens (tertiary/aromatic N) is 3. The standard InChI is InChI=1S/C12H38N9/c1-7-11(8-2,19(5,13)14)21(17,18)12(9-3,10-4)20(6,15)16/h7-10,13-18H2,1-6H3/q+3. The average Bonchev–Trinajstić information content (AvgIpc) is 2.28. The normalized spacial score (nSPS) is 15.4. The number of hydrogen-bond donors (Lipinski definition) is 6. The summed E-state index contributed by atoms with van der Waals surface area (Å²) in [5, 5.41) is 0. The number of hydrogen-bond acceptors (Lipinski definition) is 6. The van der Waals surface area contributed by atoms with Crippen LogP contribution in [-0.2, 0) is 0 Å². The zero-order valence-electron chi connectivity index (χ0n) is 14.6. The Labute approximate surface area is 129 Å². The summed E-state index contributed by atoms with van der Waals surface area (Å²) < 4.78 is -1.14. The van der Waals surface area contributed by atoms with Gasteiger partial charge in [-0.2, -0.15) is 35.1 Å². The first-order valence-corrected chi connectivity index (χ1v) is 7.58. The molecule has 0 heterocycles. The summed E-state index contributed by atoms with van der Waals surface area (Å²) in [6.45, 7) is 7.89. The molecule has 0 rings (SSSR count). The number of nitrogens with two attached hydrogens (primary N) is 6. The monoisotopic (exact) mass is 308 g/mol. The summed E-state index contributed by atoms with van der Waals surface area (Å²) >= 11 is 0. The molecule has 0 atom stereocenters. The second kappa shape index (κ2) is 6.03. The Hall–Kier alpha value is -0.360. The molecule has 0 amide bonds. The molecule has 0 fully saturated rings. The molecule has 12 N–H and O–H groups in total. The molecule has 0 radical (unpaired) electrons. The quantitative estimate of drug-likeness (QED) is 0.146. The SMILES string of the molecule is CCC(CC)([N+](C)(N)N)[N+](N)(N)C(CC)(CC)[N+](C)(N)N. The van der Waals surface area contributed by atoms with Crippen molar-refractivity contribution in [2.75, 3.05) is 14.1 Å². The summed E-state index contributed by atoms with van der Waals surface area (Å²) in [7, 11) is 3.38. The average molecular weight is 308 g/mol. The summed E-state index contributed by atoms with van der Waals surface area (Å²) in [6.07, 6.45) is 2.34. The van der Waals surface area contributed by atoms with Gasteiger partial charge in [0.05, 0.1) is 25.7 Å². The molecule has 0 aliphatic rings. The van der Waals surface area contributed by atoms with E-state index < -0.39 is 16.0 Å². The van der Waals surface area contributed by atoms with E-state index in [0.717, 1.165) is 0 Å². The Morgan fingerprint density at radius 3 is 0.857 bits per heavy atom. The van der Waals surface area contributed by atoms with Gasteiger partial charge in [-0.15, -0.1) is 9.40 Å². The lowest BCUT2D eigenvalue weighted by molar-refractivity contribution is -1.28. The van der Waals surface area contributed by atoms with Gasteiger partial charge in [0, 0.05) is 0 Å². The van der Waals surface area contributed by atoms with Crippen LogP contribution in [0.25, 0.3) is 0 Å². The van der Waals surface area contributed by atoms with Crippen molar-refractivity contribution >= 4 is 0 Å². The van der Waals surface area contributed by atoms with Gasteiger partial charge in [0.2, 0.25) is 0 Å². The summed E-state index contributed by atoms with van der Waals surface area (Å²) in [6, 6.07) is 0. The smallest absolute Gasteiger partial charge is 0.156 e. The second-order valence-corrected chi connectivity index (χ2v) is 6.45. The fraction of sp³-hybridized carbons (Fsp3) is 1.00. The topological polar surface area (TPSA) is 156 Å². The van der Waals surface area contributed by atoms with Crippen molar-refractivity contribution < 1.29 is 14.1 Å². The van der Waals surface area contributed by atoms with Crippen LogP contribution < -0.4 is 35.1 Å². The molecule has 0 aliphatic carbocycles. The van der Waals surface area contributed by atoms with E-state index in [1.807, 2.05) is 27.7 Å². The van der Waals surface area contributed by atoms with Gasteiger partial charge in [0.15, 0.2) is 0 Å². The third kappa shape index (κ3) is 2.69. The van der Waals surface area contributed by atoms with Gasteiger partial charge in [0.1, 0.15) is 14.1 Å². The highest BCUT2D eigenvalue weighted by Gasteiger charge is 2.72. The van der Waals surface area contributed by atoms with E-state index in [1.165, 1.54) is 0 Å². The third-order valence-electron chi connectivity index (χ3n) is 5.44. The Morgan fingerprint density at radius 2 is 0.762 bits per heavy atom. The number of rotatable bonds is 8. The Kier molecular flexibility index (Phi) is 5.93. The maximum Gasteiger partial charge on any atom is 0.299 e. The summed E-state index contributed by atoms with van der Waals surface area (Å²) in [4.78, 5) is 0. The van der Waals surface area contributed by atoms with E-state index in [-0.39, 0.29) is 9.40 Å². The summed E-state index contributed by atoms with van der Waals surface area (Å²) in [5.41, 5.74) is -1.66. The van der Waals surface area contributed by atoms with Crippen molar-refractivity contribution in [1.82, 2.24) is 0 Å². The molecule has 0 unspecified atom stereocenters. The molecular weight excluding hydrogens is 270 g/mol. The highest BCUT2D eigenvalue weighted by molar-refractivity contribution is 4.74. The van der Waals surface area contributed by atoms with E-state index in [2.05, 4.69) is 0 Å². The fourth-order valence-electron chi connectivity index (χ4n) is 4.01. The van der Waals surface area contributed by atoms with Crippen LogP contribution in [0, 0.1) is 0 Å². The molecule has 0 aromatic heterocycles. The van der Waals surface area contributed by atoms with Crippen molar-refractivity contribution in [3.8, 4) is 0 Å². The zero-order chi connectivity index (χ0) is 17.3. The van der Waals surface area contributed by atoms with Crippen LogP contribution in [0.1, 0.15) is 53.4 Å². The maximum atomic E-state index is 6.65. The van der Waals surface area contributed by atoms with E-state index in [4.69, 9.17) is 35.1 Å². The first kappa shape index (κ1) is 20.6. The Bertz CT molecular complexity index is 300. The van der Waals surface area contributed by atoms with Crippen molar-refractivity contribution in [1.29, 1.82) is 0 Å². The highest BCUT2D eigenvalue weighted by atomic mass is 16.0. The van der Waals surface area contributed by atoms with Crippen LogP contribution in [0.5, 0.6) is 0 Å². The lowest BCUT2D eigenvalue weighted by atomic mass is 9.91. The minimum atomic E-state index is -0.829. The molecule has 0 saturated carbocycles. The van der Waals surface area contributed by atoms with Crippen LogP contribution in [0.3, 0.4) is 0 Å². The van der Waals surface area contributed by atoms with Crippen LogP contribution in [0.15, 0.2) is 0 Å². The zero-order valence-corrected chi connectivity index (χ0v) is 14.6. The Balaban J connectivity index is 6.47. The summed E-state index contributed by atoms with van der Waals surface area (Å²) in [5.74, 6) is 38.2. The third-order valence-corrected chi connectivity index (χ3v) is 5.44. The van der Waals surface area contributed by atoms with Crippen molar-refractivity contribution in [3.63, 3.8) is 0 Å². The van der Waals surface area contributed by atoms with Crippen LogP contribution >= 0.6 is 0 Å². The van der Waals surface area contributed by atoms with Crippen LogP contribution in [0.4, 0.5) is 0 Å². The van der Waals surface area contributed by atoms with Gasteiger partial charge in [-0.3, -0.25) is 0 Å². The maximum absolute atomic E-state index is 6.65. The molecule has 0 saturated heterocycles. The van der Waals surface area contributed by atoms with Gasteiger partial charge in [-0.05, 0) is 0 Å².